The van der Waals surface area contributed by atoms with Gasteiger partial charge >= 0.3 is 0 Å². The predicted octanol–water partition coefficient (Wildman–Crippen LogP) is 1.77. The van der Waals surface area contributed by atoms with Crippen molar-refractivity contribution in [2.45, 2.75) is 32.8 Å². The van der Waals surface area contributed by atoms with Crippen LogP contribution in [0.25, 0.3) is 0 Å². The van der Waals surface area contributed by atoms with E-state index in [0.717, 1.165) is 37.3 Å². The Bertz CT molecular complexity index is 520. The molecule has 1 atom stereocenters. The van der Waals surface area contributed by atoms with E-state index in [4.69, 9.17) is 4.74 Å². The second kappa shape index (κ2) is 8.53. The summed E-state index contributed by atoms with van der Waals surface area (Å²) in [6.07, 6.45) is 1.21. The average Bonchev–Trinajstić information content (AvgIpc) is 3.10. The molecular formula is C17H25N3O3. The fraction of sp³-hybridized carbons (Fsp3) is 0.529. The van der Waals surface area contributed by atoms with E-state index in [1.807, 2.05) is 24.3 Å². The topological polar surface area (TPSA) is 70.7 Å². The summed E-state index contributed by atoms with van der Waals surface area (Å²) in [6, 6.07) is 7.70. The number of benzene rings is 1. The second-order valence-electron chi connectivity index (χ2n) is 5.49. The monoisotopic (exact) mass is 319 g/mol. The molecule has 1 aliphatic heterocycles. The van der Waals surface area contributed by atoms with Crippen molar-refractivity contribution in [1.82, 2.24) is 5.32 Å². The molecule has 0 saturated carbocycles. The molecule has 0 aliphatic carbocycles. The quantitative estimate of drug-likeness (QED) is 0.803. The van der Waals surface area contributed by atoms with Crippen LogP contribution in [0.15, 0.2) is 24.3 Å². The van der Waals surface area contributed by atoms with E-state index >= 15 is 0 Å². The molecule has 23 heavy (non-hydrogen) atoms. The highest BCUT2D eigenvalue weighted by atomic mass is 16.5. The van der Waals surface area contributed by atoms with E-state index in [1.54, 1.807) is 0 Å². The molecule has 0 spiro atoms. The number of rotatable bonds is 7. The number of hydrogen-bond donors (Lipinski definition) is 2. The lowest BCUT2D eigenvalue weighted by Gasteiger charge is -2.21. The Morgan fingerprint density at radius 1 is 1.22 bits per heavy atom. The first-order chi connectivity index (χ1) is 11.1. The summed E-state index contributed by atoms with van der Waals surface area (Å²) in [6.45, 7) is 6.67. The molecule has 6 nitrogen and oxygen atoms in total. The Labute approximate surface area is 137 Å². The third-order valence-electron chi connectivity index (χ3n) is 3.92. The number of nitrogens with zero attached hydrogens (tertiary/aromatic N) is 1. The summed E-state index contributed by atoms with van der Waals surface area (Å²) in [4.78, 5) is 25.9. The van der Waals surface area contributed by atoms with Crippen LogP contribution in [0.1, 0.15) is 26.7 Å². The molecule has 0 aromatic heterocycles. The smallest absolute Gasteiger partial charge is 0.249 e. The van der Waals surface area contributed by atoms with Gasteiger partial charge in [-0.3, -0.25) is 9.59 Å². The molecule has 1 fully saturated rings. The Morgan fingerprint density at radius 2 is 1.91 bits per heavy atom. The minimum Gasteiger partial charge on any atom is -0.372 e. The third-order valence-corrected chi connectivity index (χ3v) is 3.92. The largest absolute Gasteiger partial charge is 0.372 e. The summed E-state index contributed by atoms with van der Waals surface area (Å²) in [7, 11) is 0. The van der Waals surface area contributed by atoms with Crippen LogP contribution in [-0.2, 0) is 14.3 Å². The molecule has 126 valence electrons. The van der Waals surface area contributed by atoms with E-state index in [1.165, 1.54) is 0 Å². The molecule has 1 saturated heterocycles. The molecule has 2 N–H and O–H groups in total. The van der Waals surface area contributed by atoms with Gasteiger partial charge in [0.15, 0.2) is 0 Å². The Morgan fingerprint density at radius 3 is 2.48 bits per heavy atom. The van der Waals surface area contributed by atoms with Crippen LogP contribution in [0, 0.1) is 0 Å². The van der Waals surface area contributed by atoms with Gasteiger partial charge in [-0.2, -0.15) is 0 Å². The first-order valence-corrected chi connectivity index (χ1v) is 8.18. The van der Waals surface area contributed by atoms with E-state index in [2.05, 4.69) is 29.4 Å². The second-order valence-corrected chi connectivity index (χ2v) is 5.49. The van der Waals surface area contributed by atoms with Crippen molar-refractivity contribution < 1.29 is 14.3 Å². The highest BCUT2D eigenvalue weighted by Gasteiger charge is 2.23. The minimum atomic E-state index is -0.406. The highest BCUT2D eigenvalue weighted by Crippen LogP contribution is 2.17. The first-order valence-electron chi connectivity index (χ1n) is 8.18. The van der Waals surface area contributed by atoms with Gasteiger partial charge in [-0.15, -0.1) is 0 Å². The minimum absolute atomic E-state index is 0.0451. The van der Waals surface area contributed by atoms with Crippen molar-refractivity contribution in [3.63, 3.8) is 0 Å². The number of amides is 2. The molecule has 0 radical (unpaired) electrons. The van der Waals surface area contributed by atoms with Crippen LogP contribution in [0.3, 0.4) is 0 Å². The van der Waals surface area contributed by atoms with Crippen molar-refractivity contribution in [2.75, 3.05) is 36.5 Å². The lowest BCUT2D eigenvalue weighted by Crippen LogP contribution is -2.39. The van der Waals surface area contributed by atoms with Crippen LogP contribution >= 0.6 is 0 Å². The normalized spacial score (nSPS) is 16.9. The van der Waals surface area contributed by atoms with Crippen LogP contribution in [0.2, 0.25) is 0 Å². The number of ether oxygens (including phenoxy) is 1. The zero-order valence-electron chi connectivity index (χ0n) is 13.8. The number of nitrogens with one attached hydrogen (secondary N) is 2. The number of carbonyl (C=O) groups is 2. The maximum Gasteiger partial charge on any atom is 0.249 e. The van der Waals surface area contributed by atoms with Crippen molar-refractivity contribution in [1.29, 1.82) is 0 Å². The van der Waals surface area contributed by atoms with Gasteiger partial charge in [0.1, 0.15) is 6.10 Å². The van der Waals surface area contributed by atoms with E-state index in [9.17, 15) is 9.59 Å². The number of anilines is 2. The number of carbonyl (C=O) groups excluding carboxylic acids is 2. The molecule has 1 unspecified atom stereocenters. The molecule has 1 aliphatic rings. The van der Waals surface area contributed by atoms with Crippen molar-refractivity contribution in [2.24, 2.45) is 0 Å². The Hall–Kier alpha value is -2.08. The molecule has 2 rings (SSSR count). The summed E-state index contributed by atoms with van der Waals surface area (Å²) < 4.78 is 5.27. The average molecular weight is 319 g/mol. The molecule has 2 amide bonds. The zero-order valence-corrected chi connectivity index (χ0v) is 13.8. The SMILES string of the molecule is CCN(CC)c1ccc(NC(=O)CNC(=O)C2CCCO2)cc1. The Kier molecular flexibility index (Phi) is 6.40. The zero-order chi connectivity index (χ0) is 16.7. The van der Waals surface area contributed by atoms with Crippen molar-refractivity contribution >= 4 is 23.2 Å². The molecule has 1 heterocycles. The molecule has 6 heteroatoms. The summed E-state index contributed by atoms with van der Waals surface area (Å²) in [5.74, 6) is -0.457. The standard InChI is InChI=1S/C17H25N3O3/c1-3-20(4-2)14-9-7-13(8-10-14)19-16(21)12-18-17(22)15-6-5-11-23-15/h7-10,15H,3-6,11-12H2,1-2H3,(H,18,22)(H,19,21). The Balaban J connectivity index is 1.79. The third kappa shape index (κ3) is 4.96. The first kappa shape index (κ1) is 17.3. The molecule has 1 aromatic carbocycles. The highest BCUT2D eigenvalue weighted by molar-refractivity contribution is 5.95. The van der Waals surface area contributed by atoms with Gasteiger partial charge in [0, 0.05) is 31.1 Å². The lowest BCUT2D eigenvalue weighted by molar-refractivity contribution is -0.131. The van der Waals surface area contributed by atoms with E-state index in [0.29, 0.717) is 6.61 Å². The van der Waals surface area contributed by atoms with Crippen molar-refractivity contribution in [3.8, 4) is 0 Å². The van der Waals surface area contributed by atoms with Gasteiger partial charge in [0.25, 0.3) is 0 Å². The lowest BCUT2D eigenvalue weighted by atomic mass is 10.2. The van der Waals surface area contributed by atoms with Crippen LogP contribution in [-0.4, -0.2) is 44.2 Å². The van der Waals surface area contributed by atoms with Gasteiger partial charge in [0.05, 0.1) is 6.54 Å². The number of hydrogen-bond acceptors (Lipinski definition) is 4. The maximum atomic E-state index is 11.9. The van der Waals surface area contributed by atoms with E-state index in [-0.39, 0.29) is 18.4 Å². The fourth-order valence-corrected chi connectivity index (χ4v) is 2.62. The maximum absolute atomic E-state index is 11.9. The fourth-order valence-electron chi connectivity index (χ4n) is 2.62. The van der Waals surface area contributed by atoms with Gasteiger partial charge in [0.2, 0.25) is 11.8 Å². The summed E-state index contributed by atoms with van der Waals surface area (Å²) in [5, 5.41) is 5.39. The van der Waals surface area contributed by atoms with Gasteiger partial charge in [-0.05, 0) is 51.0 Å². The van der Waals surface area contributed by atoms with Crippen LogP contribution < -0.4 is 15.5 Å². The molecule has 0 bridgehead atoms. The van der Waals surface area contributed by atoms with Crippen molar-refractivity contribution in [3.05, 3.63) is 24.3 Å². The van der Waals surface area contributed by atoms with Gasteiger partial charge < -0.3 is 20.3 Å². The van der Waals surface area contributed by atoms with Crippen LogP contribution in [0.5, 0.6) is 0 Å². The molecule has 1 aromatic rings. The predicted molar refractivity (Wildman–Crippen MR) is 90.6 cm³/mol. The van der Waals surface area contributed by atoms with Crippen LogP contribution in [0.4, 0.5) is 11.4 Å². The van der Waals surface area contributed by atoms with Gasteiger partial charge in [-0.25, -0.2) is 0 Å². The van der Waals surface area contributed by atoms with E-state index < -0.39 is 6.10 Å². The summed E-state index contributed by atoms with van der Waals surface area (Å²) in [5.41, 5.74) is 1.84. The summed E-state index contributed by atoms with van der Waals surface area (Å²) >= 11 is 0. The molecular weight excluding hydrogens is 294 g/mol. The van der Waals surface area contributed by atoms with Gasteiger partial charge in [-0.1, -0.05) is 0 Å².